The normalized spacial score (nSPS) is 11.7. The largest absolute Gasteiger partial charge is 0.456 e. The molecule has 0 atom stereocenters. The summed E-state index contributed by atoms with van der Waals surface area (Å²) in [6.45, 7) is 0. The Morgan fingerprint density at radius 3 is 1.97 bits per heavy atom. The summed E-state index contributed by atoms with van der Waals surface area (Å²) in [6, 6.07) is 47.4. The van der Waals surface area contributed by atoms with E-state index in [1.54, 1.807) is 0 Å². The molecule has 0 saturated heterocycles. The first-order valence-electron chi connectivity index (χ1n) is 13.0. The molecule has 39 heavy (non-hydrogen) atoms. The predicted molar refractivity (Wildman–Crippen MR) is 167 cm³/mol. The van der Waals surface area contributed by atoms with Gasteiger partial charge in [0.2, 0.25) is 0 Å². The summed E-state index contributed by atoms with van der Waals surface area (Å²) in [5, 5.41) is 4.77. The van der Waals surface area contributed by atoms with E-state index in [4.69, 9.17) is 4.42 Å². The van der Waals surface area contributed by atoms with Crippen LogP contribution in [0.15, 0.2) is 142 Å². The van der Waals surface area contributed by atoms with Crippen molar-refractivity contribution >= 4 is 59.7 Å². The molecule has 6 aromatic carbocycles. The second kappa shape index (κ2) is 8.72. The summed E-state index contributed by atoms with van der Waals surface area (Å²) in [5.74, 6) is 0. The lowest BCUT2D eigenvalue weighted by Crippen LogP contribution is -1.93. The molecule has 0 bridgehead atoms. The third-order valence-electron chi connectivity index (χ3n) is 7.70. The maximum absolute atomic E-state index is 6.25. The zero-order valence-corrected chi connectivity index (χ0v) is 22.5. The molecule has 184 valence electrons. The number of hydrogen-bond acceptors (Lipinski definition) is 1. The van der Waals surface area contributed by atoms with Gasteiger partial charge < -0.3 is 8.98 Å². The molecule has 3 heteroatoms. The van der Waals surface area contributed by atoms with Crippen LogP contribution in [0.4, 0.5) is 0 Å². The molecule has 2 nitrogen and oxygen atoms in total. The van der Waals surface area contributed by atoms with Crippen molar-refractivity contribution in [3.05, 3.63) is 138 Å². The van der Waals surface area contributed by atoms with Crippen LogP contribution >= 0.6 is 15.9 Å². The van der Waals surface area contributed by atoms with Gasteiger partial charge in [-0.1, -0.05) is 107 Å². The highest BCUT2D eigenvalue weighted by Gasteiger charge is 2.15. The number of para-hydroxylation sites is 2. The summed E-state index contributed by atoms with van der Waals surface area (Å²) in [5.41, 5.74) is 10.0. The molecule has 0 radical (unpaired) electrons. The van der Waals surface area contributed by atoms with Gasteiger partial charge in [-0.05, 0) is 58.7 Å². The fourth-order valence-corrected chi connectivity index (χ4v) is 6.33. The molecular formula is C36H22BrNO. The minimum absolute atomic E-state index is 0.901. The summed E-state index contributed by atoms with van der Waals surface area (Å²) >= 11 is 3.69. The van der Waals surface area contributed by atoms with Crippen LogP contribution in [0.1, 0.15) is 0 Å². The standard InChI is InChI=1S/C36H22BrNO/c37-32-10-4-1-7-27(32)24-15-13-23(14-16-24)25-17-19-29-28-8-2-5-11-33(28)38(34(29)21-25)26-18-20-31-30-9-3-6-12-35(30)39-36(31)22-26/h1-22H. The quantitative estimate of drug-likeness (QED) is 0.209. The number of rotatable bonds is 3. The van der Waals surface area contributed by atoms with Gasteiger partial charge in [0.1, 0.15) is 11.2 Å². The molecule has 0 aliphatic carbocycles. The summed E-state index contributed by atoms with van der Waals surface area (Å²) in [7, 11) is 0. The lowest BCUT2D eigenvalue weighted by atomic mass is 9.99. The average Bonchev–Trinajstić information content (AvgIpc) is 3.52. The molecule has 0 N–H and O–H groups in total. The van der Waals surface area contributed by atoms with Gasteiger partial charge in [-0.15, -0.1) is 0 Å². The summed E-state index contributed by atoms with van der Waals surface area (Å²) < 4.78 is 9.71. The fourth-order valence-electron chi connectivity index (χ4n) is 5.82. The highest BCUT2D eigenvalue weighted by Crippen LogP contribution is 2.37. The van der Waals surface area contributed by atoms with Crippen LogP contribution in [0.25, 0.3) is 71.7 Å². The Kier molecular flexibility index (Phi) is 5.01. The van der Waals surface area contributed by atoms with E-state index < -0.39 is 0 Å². The number of hydrogen-bond donors (Lipinski definition) is 0. The molecule has 0 amide bonds. The molecular weight excluding hydrogens is 542 g/mol. The van der Waals surface area contributed by atoms with Crippen molar-refractivity contribution in [3.63, 3.8) is 0 Å². The second-order valence-electron chi connectivity index (χ2n) is 9.92. The van der Waals surface area contributed by atoms with Crippen LogP contribution < -0.4 is 0 Å². The first-order chi connectivity index (χ1) is 19.2. The Balaban J connectivity index is 1.31. The van der Waals surface area contributed by atoms with Crippen molar-refractivity contribution in [1.82, 2.24) is 4.57 Å². The Labute approximate surface area is 233 Å². The molecule has 2 heterocycles. The van der Waals surface area contributed by atoms with E-state index >= 15 is 0 Å². The zero-order valence-electron chi connectivity index (χ0n) is 20.9. The van der Waals surface area contributed by atoms with Gasteiger partial charge in [0.05, 0.1) is 11.0 Å². The maximum atomic E-state index is 6.25. The number of halogens is 1. The van der Waals surface area contributed by atoms with E-state index in [0.717, 1.165) is 32.1 Å². The van der Waals surface area contributed by atoms with Crippen LogP contribution in [0.3, 0.4) is 0 Å². The molecule has 0 spiro atoms. The summed E-state index contributed by atoms with van der Waals surface area (Å²) in [4.78, 5) is 0. The van der Waals surface area contributed by atoms with Gasteiger partial charge in [-0.2, -0.15) is 0 Å². The van der Waals surface area contributed by atoms with E-state index in [-0.39, 0.29) is 0 Å². The monoisotopic (exact) mass is 563 g/mol. The third kappa shape index (κ3) is 3.54. The molecule has 0 saturated carbocycles. The van der Waals surface area contributed by atoms with Crippen LogP contribution in [-0.4, -0.2) is 4.57 Å². The minimum atomic E-state index is 0.901. The Morgan fingerprint density at radius 1 is 0.462 bits per heavy atom. The second-order valence-corrected chi connectivity index (χ2v) is 10.8. The van der Waals surface area contributed by atoms with Gasteiger partial charge in [0.15, 0.2) is 0 Å². The topological polar surface area (TPSA) is 18.1 Å². The molecule has 2 aromatic heterocycles. The van der Waals surface area contributed by atoms with Gasteiger partial charge in [0.25, 0.3) is 0 Å². The van der Waals surface area contributed by atoms with Crippen molar-refractivity contribution < 1.29 is 4.42 Å². The van der Waals surface area contributed by atoms with E-state index in [0.29, 0.717) is 0 Å². The number of fused-ring (bicyclic) bond motifs is 6. The van der Waals surface area contributed by atoms with Gasteiger partial charge in [-0.25, -0.2) is 0 Å². The van der Waals surface area contributed by atoms with Crippen LogP contribution in [-0.2, 0) is 0 Å². The molecule has 0 aliphatic rings. The molecule has 0 aliphatic heterocycles. The number of nitrogens with zero attached hydrogens (tertiary/aromatic N) is 1. The number of benzene rings is 6. The predicted octanol–water partition coefficient (Wildman–Crippen LogP) is 10.8. The SMILES string of the molecule is Brc1ccccc1-c1ccc(-c2ccc3c4ccccc4n(-c4ccc5c(c4)oc4ccccc45)c3c2)cc1. The van der Waals surface area contributed by atoms with Crippen molar-refractivity contribution in [3.8, 4) is 27.9 Å². The first kappa shape index (κ1) is 22.4. The van der Waals surface area contributed by atoms with Gasteiger partial charge in [-0.3, -0.25) is 0 Å². The van der Waals surface area contributed by atoms with E-state index in [1.165, 1.54) is 44.1 Å². The van der Waals surface area contributed by atoms with Crippen molar-refractivity contribution in [2.75, 3.05) is 0 Å². The van der Waals surface area contributed by atoms with Gasteiger partial charge in [0, 0.05) is 37.8 Å². The number of furan rings is 1. The van der Waals surface area contributed by atoms with E-state index in [9.17, 15) is 0 Å². The Bertz CT molecular complexity index is 2180. The van der Waals surface area contributed by atoms with Crippen LogP contribution in [0.5, 0.6) is 0 Å². The van der Waals surface area contributed by atoms with Crippen molar-refractivity contribution in [2.45, 2.75) is 0 Å². The highest BCUT2D eigenvalue weighted by atomic mass is 79.9. The lowest BCUT2D eigenvalue weighted by Gasteiger charge is -2.10. The molecule has 0 unspecified atom stereocenters. The van der Waals surface area contributed by atoms with Crippen molar-refractivity contribution in [2.24, 2.45) is 0 Å². The maximum Gasteiger partial charge on any atom is 0.137 e. The van der Waals surface area contributed by atoms with E-state index in [2.05, 4.69) is 136 Å². The number of aromatic nitrogens is 1. The summed E-state index contributed by atoms with van der Waals surface area (Å²) in [6.07, 6.45) is 0. The molecule has 0 fully saturated rings. The third-order valence-corrected chi connectivity index (χ3v) is 8.39. The minimum Gasteiger partial charge on any atom is -0.456 e. The molecule has 8 rings (SSSR count). The highest BCUT2D eigenvalue weighted by molar-refractivity contribution is 9.10. The van der Waals surface area contributed by atoms with Gasteiger partial charge >= 0.3 is 0 Å². The Morgan fingerprint density at radius 2 is 1.10 bits per heavy atom. The zero-order chi connectivity index (χ0) is 25.9. The lowest BCUT2D eigenvalue weighted by molar-refractivity contribution is 0.668. The van der Waals surface area contributed by atoms with Crippen LogP contribution in [0.2, 0.25) is 0 Å². The molecule has 8 aromatic rings. The first-order valence-corrected chi connectivity index (χ1v) is 13.8. The van der Waals surface area contributed by atoms with Crippen molar-refractivity contribution in [1.29, 1.82) is 0 Å². The fraction of sp³-hybridized carbons (Fsp3) is 0. The van der Waals surface area contributed by atoms with E-state index in [1.807, 2.05) is 18.2 Å². The van der Waals surface area contributed by atoms with Crippen LogP contribution in [0, 0.1) is 0 Å². The average molecular weight is 564 g/mol. The Hall–Kier alpha value is -4.60. The smallest absolute Gasteiger partial charge is 0.137 e.